The molecule has 0 fully saturated rings. The first-order chi connectivity index (χ1) is 29.0. The third kappa shape index (κ3) is 5.94. The number of aromatic nitrogens is 2. The quantitative estimate of drug-likeness (QED) is 0.125. The highest BCUT2D eigenvalue weighted by atomic mass is 31.2. The molecule has 1 aromatic heterocycles. The zero-order chi connectivity index (χ0) is 39.5. The highest BCUT2D eigenvalue weighted by Gasteiger charge is 2.34. The van der Waals surface area contributed by atoms with Gasteiger partial charge < -0.3 is 4.57 Å². The molecule has 0 spiro atoms. The summed E-state index contributed by atoms with van der Waals surface area (Å²) in [5, 5.41) is 6.57. The van der Waals surface area contributed by atoms with Gasteiger partial charge >= 0.3 is 0 Å². The first-order valence-electron chi connectivity index (χ1n) is 20.0. The molecule has 1 aliphatic rings. The Morgan fingerprint density at radius 1 is 0.339 bits per heavy atom. The lowest BCUT2D eigenvalue weighted by Crippen LogP contribution is -2.08. The molecule has 278 valence electrons. The van der Waals surface area contributed by atoms with Crippen LogP contribution < -0.4 is 10.6 Å². The molecule has 0 saturated carbocycles. The maximum absolute atomic E-state index is 14.4. The third-order valence-electron chi connectivity index (χ3n) is 11.8. The van der Waals surface area contributed by atoms with Crippen LogP contribution in [0.4, 0.5) is 0 Å². The number of hydrogen-bond acceptors (Lipinski definition) is 3. The number of fused-ring (bicyclic) bond motifs is 5. The molecule has 0 amide bonds. The second-order valence-corrected chi connectivity index (χ2v) is 18.2. The van der Waals surface area contributed by atoms with Crippen LogP contribution in [0.3, 0.4) is 0 Å². The summed E-state index contributed by atoms with van der Waals surface area (Å²) in [5.41, 5.74) is 13.8. The van der Waals surface area contributed by atoms with Crippen LogP contribution in [0.5, 0.6) is 0 Å². The molecule has 0 aliphatic carbocycles. The van der Waals surface area contributed by atoms with E-state index in [0.717, 1.165) is 77.3 Å². The number of rotatable bonds is 6. The van der Waals surface area contributed by atoms with Gasteiger partial charge in [-0.25, -0.2) is 9.97 Å². The zero-order valence-electron chi connectivity index (χ0n) is 32.4. The molecule has 0 radical (unpaired) electrons. The van der Waals surface area contributed by atoms with E-state index in [4.69, 9.17) is 9.97 Å². The van der Waals surface area contributed by atoms with Gasteiger partial charge in [-0.15, -0.1) is 0 Å². The van der Waals surface area contributed by atoms with Crippen molar-refractivity contribution in [2.45, 2.75) is 0 Å². The monoisotopic (exact) mass is 772 g/mol. The molecular weight excluding hydrogens is 736 g/mol. The van der Waals surface area contributed by atoms with E-state index in [2.05, 4.69) is 164 Å². The van der Waals surface area contributed by atoms with Gasteiger partial charge in [0.25, 0.3) is 0 Å². The Hall–Kier alpha value is -7.19. The van der Waals surface area contributed by atoms with Crippen LogP contribution in [0.25, 0.3) is 100.0 Å². The fourth-order valence-electron chi connectivity index (χ4n) is 8.95. The largest absolute Gasteiger partial charge is 0.314 e. The molecule has 1 aliphatic heterocycles. The van der Waals surface area contributed by atoms with Crippen molar-refractivity contribution in [1.29, 1.82) is 0 Å². The van der Waals surface area contributed by atoms with Crippen molar-refractivity contribution >= 4 is 39.3 Å². The van der Waals surface area contributed by atoms with Crippen molar-refractivity contribution < 1.29 is 4.57 Å². The third-order valence-corrected chi connectivity index (χ3v) is 14.4. The Kier molecular flexibility index (Phi) is 8.32. The fourth-order valence-corrected chi connectivity index (χ4v) is 11.3. The molecule has 0 bridgehead atoms. The lowest BCUT2D eigenvalue weighted by atomic mass is 9.85. The van der Waals surface area contributed by atoms with E-state index in [1.54, 1.807) is 0 Å². The van der Waals surface area contributed by atoms with Crippen molar-refractivity contribution in [3.8, 4) is 78.4 Å². The molecule has 11 rings (SSSR count). The molecule has 1 unspecified atom stereocenters. The maximum atomic E-state index is 14.4. The highest BCUT2D eigenvalue weighted by molar-refractivity contribution is 7.79. The first kappa shape index (κ1) is 35.0. The highest BCUT2D eigenvalue weighted by Crippen LogP contribution is 2.52. The smallest absolute Gasteiger partial charge is 0.160 e. The van der Waals surface area contributed by atoms with Gasteiger partial charge in [0.05, 0.1) is 11.4 Å². The Bertz CT molecular complexity index is 3230. The van der Waals surface area contributed by atoms with E-state index in [0.29, 0.717) is 5.82 Å². The van der Waals surface area contributed by atoms with Gasteiger partial charge in [-0.3, -0.25) is 0 Å². The minimum Gasteiger partial charge on any atom is -0.314 e. The SMILES string of the molecule is CP1(=O)c2ccccc2-c2ccc(-c3c4ccccc4c(-c4ccc(-c5cc(-c6ccc(-c7ccccc7)cc6)nc(-c6ccccc6)n5)cc4)c4ccccc34)cc21. The fraction of sp³-hybridized carbons (Fsp3) is 0.0182. The lowest BCUT2D eigenvalue weighted by molar-refractivity contribution is 0.591. The van der Waals surface area contributed by atoms with Crippen LogP contribution >= 0.6 is 7.14 Å². The second kappa shape index (κ2) is 14.0. The van der Waals surface area contributed by atoms with E-state index in [9.17, 15) is 4.57 Å². The van der Waals surface area contributed by atoms with Crippen molar-refractivity contribution in [3.05, 3.63) is 206 Å². The summed E-state index contributed by atoms with van der Waals surface area (Å²) in [4.78, 5) is 10.2. The van der Waals surface area contributed by atoms with Gasteiger partial charge in [0.15, 0.2) is 5.82 Å². The normalized spacial score (nSPS) is 14.3. The molecule has 59 heavy (non-hydrogen) atoms. The van der Waals surface area contributed by atoms with E-state index in [1.807, 2.05) is 49.1 Å². The van der Waals surface area contributed by atoms with E-state index in [1.165, 1.54) is 27.5 Å². The number of benzene rings is 9. The molecule has 9 aromatic carbocycles. The van der Waals surface area contributed by atoms with Gasteiger partial charge in [-0.05, 0) is 84.9 Å². The maximum Gasteiger partial charge on any atom is 0.160 e. The van der Waals surface area contributed by atoms with Gasteiger partial charge in [-0.2, -0.15) is 0 Å². The molecule has 10 aromatic rings. The summed E-state index contributed by atoms with van der Waals surface area (Å²) < 4.78 is 14.4. The summed E-state index contributed by atoms with van der Waals surface area (Å²) in [6.45, 7) is 1.92. The van der Waals surface area contributed by atoms with E-state index < -0.39 is 7.14 Å². The predicted octanol–water partition coefficient (Wildman–Crippen LogP) is 13.7. The molecule has 4 heteroatoms. The van der Waals surface area contributed by atoms with Crippen molar-refractivity contribution in [2.75, 3.05) is 6.66 Å². The minimum absolute atomic E-state index is 0.691. The summed E-state index contributed by atoms with van der Waals surface area (Å²) in [6, 6.07) is 72.3. The van der Waals surface area contributed by atoms with E-state index in [-0.39, 0.29) is 0 Å². The standard InChI is InChI=1S/C55H37N2OP/c1-59(58)51-23-13-12-18-43(51)44-33-32-42(34-52(44)59)54-47-21-10-8-19-45(47)53(46-20-9-11-22-48(46)54)40-30-28-39(29-31-40)50-35-49(56-55(57-50)41-16-6-3-7-17-41)38-26-24-37(25-27-38)36-14-4-2-5-15-36/h2-35H,1H3. The Balaban J connectivity index is 1.02. The average Bonchev–Trinajstić information content (AvgIpc) is 3.53. The average molecular weight is 773 g/mol. The van der Waals surface area contributed by atoms with Crippen LogP contribution in [0, 0.1) is 0 Å². The zero-order valence-corrected chi connectivity index (χ0v) is 33.3. The molecule has 0 N–H and O–H groups in total. The summed E-state index contributed by atoms with van der Waals surface area (Å²) in [5.74, 6) is 0.691. The summed E-state index contributed by atoms with van der Waals surface area (Å²) in [7, 11) is -2.74. The van der Waals surface area contributed by atoms with Gasteiger partial charge in [0.1, 0.15) is 7.14 Å². The molecule has 3 nitrogen and oxygen atoms in total. The Morgan fingerprint density at radius 2 is 0.746 bits per heavy atom. The van der Waals surface area contributed by atoms with Gasteiger partial charge in [0.2, 0.25) is 0 Å². The summed E-state index contributed by atoms with van der Waals surface area (Å²) in [6.07, 6.45) is 0. The van der Waals surface area contributed by atoms with Gasteiger partial charge in [-0.1, -0.05) is 194 Å². The van der Waals surface area contributed by atoms with E-state index >= 15 is 0 Å². The lowest BCUT2D eigenvalue weighted by Gasteiger charge is -2.19. The first-order valence-corrected chi connectivity index (χ1v) is 22.1. The van der Waals surface area contributed by atoms with Crippen molar-refractivity contribution in [1.82, 2.24) is 9.97 Å². The molecule has 2 heterocycles. The van der Waals surface area contributed by atoms with Crippen LogP contribution in [0.2, 0.25) is 0 Å². The molecule has 1 atom stereocenters. The molecule has 0 saturated heterocycles. The number of hydrogen-bond donors (Lipinski definition) is 0. The molecular formula is C55H37N2OP. The topological polar surface area (TPSA) is 42.9 Å². The second-order valence-electron chi connectivity index (χ2n) is 15.4. The van der Waals surface area contributed by atoms with Crippen molar-refractivity contribution in [2.24, 2.45) is 0 Å². The minimum atomic E-state index is -2.74. The van der Waals surface area contributed by atoms with Crippen LogP contribution in [0.15, 0.2) is 206 Å². The number of nitrogens with zero attached hydrogens (tertiary/aromatic N) is 2. The Morgan fingerprint density at radius 3 is 1.32 bits per heavy atom. The van der Waals surface area contributed by atoms with Crippen molar-refractivity contribution in [3.63, 3.8) is 0 Å². The van der Waals surface area contributed by atoms with Crippen LogP contribution in [-0.2, 0) is 4.57 Å². The Labute approximate surface area is 343 Å². The predicted molar refractivity (Wildman–Crippen MR) is 248 cm³/mol. The van der Waals surface area contributed by atoms with Gasteiger partial charge in [0, 0.05) is 27.3 Å². The summed E-state index contributed by atoms with van der Waals surface area (Å²) >= 11 is 0. The van der Waals surface area contributed by atoms with Crippen LogP contribution in [-0.4, -0.2) is 16.6 Å². The van der Waals surface area contributed by atoms with Crippen LogP contribution in [0.1, 0.15) is 0 Å².